The molecule has 8 heteroatoms. The lowest BCUT2D eigenvalue weighted by Crippen LogP contribution is -2.23. The fourth-order valence-electron chi connectivity index (χ4n) is 4.11. The van der Waals surface area contributed by atoms with Gasteiger partial charge in [-0.15, -0.1) is 0 Å². The second-order valence-electron chi connectivity index (χ2n) is 9.52. The zero-order chi connectivity index (χ0) is 26.5. The first kappa shape index (κ1) is 25.2. The van der Waals surface area contributed by atoms with Crippen LogP contribution in [0.25, 0.3) is 11.5 Å². The molecule has 2 aliphatic heterocycles. The van der Waals surface area contributed by atoms with Gasteiger partial charge >= 0.3 is 0 Å². The Bertz CT molecular complexity index is 1470. The second-order valence-corrected chi connectivity index (χ2v) is 9.52. The number of anilines is 1. The summed E-state index contributed by atoms with van der Waals surface area (Å²) < 4.78 is 19.8. The van der Waals surface area contributed by atoms with Crippen LogP contribution in [0.1, 0.15) is 36.4 Å². The first-order chi connectivity index (χ1) is 18.4. The molecular weight excluding hydrogens is 478 g/mol. The van der Waals surface area contributed by atoms with Crippen molar-refractivity contribution in [1.82, 2.24) is 19.5 Å². The number of imidazole rings is 1. The van der Waals surface area contributed by atoms with Crippen LogP contribution in [-0.4, -0.2) is 26.6 Å². The predicted octanol–water partition coefficient (Wildman–Crippen LogP) is 5.45. The van der Waals surface area contributed by atoms with E-state index < -0.39 is 5.60 Å². The Balaban J connectivity index is 1.38. The summed E-state index contributed by atoms with van der Waals surface area (Å²) in [5, 5.41) is 0. The molecule has 2 aliphatic rings. The van der Waals surface area contributed by atoms with Crippen LogP contribution in [0, 0.1) is 0 Å². The number of methoxy groups -OCH3 is 1. The average Bonchev–Trinajstić information content (AvgIpc) is 3.42. The minimum Gasteiger partial charge on any atom is -0.493 e. The van der Waals surface area contributed by atoms with Gasteiger partial charge < -0.3 is 24.5 Å². The lowest BCUT2D eigenvalue weighted by atomic mass is 10.1. The summed E-state index contributed by atoms with van der Waals surface area (Å²) in [5.74, 6) is 2.86. The standard InChI is InChI=1S/C30H31N5O3/c1-30(2,38-19-22-12-8-5-9-13-22)29-33-26-27(31)32-20-35(28(26)34-29)17-23-14-15-24(36-3)25(16-23)37-18-21-10-6-4-7-11-21/h4-16,20H,17-19,31H2,1-3H3. The molecule has 0 aliphatic carbocycles. The van der Waals surface area contributed by atoms with Crippen molar-refractivity contribution in [3.8, 4) is 23.0 Å². The summed E-state index contributed by atoms with van der Waals surface area (Å²) in [6, 6.07) is 25.9. The van der Waals surface area contributed by atoms with Gasteiger partial charge in [0.1, 0.15) is 12.2 Å². The van der Waals surface area contributed by atoms with E-state index in [2.05, 4.69) is 4.98 Å². The summed E-state index contributed by atoms with van der Waals surface area (Å²) in [6.07, 6.45) is 1.68. The van der Waals surface area contributed by atoms with Crippen LogP contribution in [0.3, 0.4) is 0 Å². The summed E-state index contributed by atoms with van der Waals surface area (Å²) in [7, 11) is 1.63. The molecule has 2 heterocycles. The third-order valence-electron chi connectivity index (χ3n) is 6.29. The second kappa shape index (κ2) is 10.9. The fraction of sp³-hybridized carbons (Fsp3) is 0.233. The SMILES string of the molecule is COc1ccc(Cn2cnc(N)c3nc(C(C)(C)OCc4ccccc4)nc2-3)cc1OCc1ccccc1. The summed E-state index contributed by atoms with van der Waals surface area (Å²) >= 11 is 0. The van der Waals surface area contributed by atoms with Crippen LogP contribution < -0.4 is 15.2 Å². The Hall–Kier alpha value is -4.43. The van der Waals surface area contributed by atoms with Crippen LogP contribution in [0.2, 0.25) is 0 Å². The van der Waals surface area contributed by atoms with Crippen molar-refractivity contribution in [1.29, 1.82) is 0 Å². The van der Waals surface area contributed by atoms with Gasteiger partial charge in [-0.3, -0.25) is 0 Å². The molecule has 8 nitrogen and oxygen atoms in total. The molecule has 3 aromatic carbocycles. The third-order valence-corrected chi connectivity index (χ3v) is 6.29. The highest BCUT2D eigenvalue weighted by atomic mass is 16.5. The number of nitrogens with two attached hydrogens (primary N) is 1. The predicted molar refractivity (Wildman–Crippen MR) is 146 cm³/mol. The van der Waals surface area contributed by atoms with E-state index in [1.165, 1.54) is 0 Å². The molecule has 0 radical (unpaired) electrons. The molecule has 194 valence electrons. The van der Waals surface area contributed by atoms with E-state index in [9.17, 15) is 0 Å². The molecule has 5 rings (SSSR count). The molecule has 0 bridgehead atoms. The summed E-state index contributed by atoms with van der Waals surface area (Å²) in [5.41, 5.74) is 9.17. The molecule has 0 amide bonds. The van der Waals surface area contributed by atoms with Gasteiger partial charge in [0, 0.05) is 0 Å². The third kappa shape index (κ3) is 5.60. The number of hydrogen-bond acceptors (Lipinski definition) is 7. The number of rotatable bonds is 10. The highest BCUT2D eigenvalue weighted by molar-refractivity contribution is 5.65. The van der Waals surface area contributed by atoms with E-state index in [0.29, 0.717) is 54.4 Å². The van der Waals surface area contributed by atoms with E-state index >= 15 is 0 Å². The van der Waals surface area contributed by atoms with Crippen molar-refractivity contribution in [3.05, 3.63) is 108 Å². The Labute approximate surface area is 222 Å². The average molecular weight is 510 g/mol. The van der Waals surface area contributed by atoms with Crippen LogP contribution >= 0.6 is 0 Å². The molecule has 2 N–H and O–H groups in total. The number of nitrogens with zero attached hydrogens (tertiary/aromatic N) is 4. The molecule has 38 heavy (non-hydrogen) atoms. The number of benzene rings is 3. The van der Waals surface area contributed by atoms with Crippen molar-refractivity contribution < 1.29 is 14.2 Å². The maximum Gasteiger partial charge on any atom is 0.166 e. The normalized spacial score (nSPS) is 11.6. The quantitative estimate of drug-likeness (QED) is 0.267. The molecule has 0 saturated carbocycles. The molecule has 0 aromatic heterocycles. The maximum absolute atomic E-state index is 6.21. The van der Waals surface area contributed by atoms with E-state index in [1.54, 1.807) is 13.4 Å². The number of fused-ring (bicyclic) bond motifs is 1. The van der Waals surface area contributed by atoms with Gasteiger partial charge in [0.05, 0.1) is 26.6 Å². The molecule has 3 aromatic rings. The Morgan fingerprint density at radius 2 is 1.50 bits per heavy atom. The van der Waals surface area contributed by atoms with E-state index in [-0.39, 0.29) is 0 Å². The van der Waals surface area contributed by atoms with Crippen LogP contribution in [0.15, 0.2) is 85.2 Å². The van der Waals surface area contributed by atoms with Gasteiger partial charge in [0.15, 0.2) is 34.7 Å². The van der Waals surface area contributed by atoms with E-state index in [0.717, 1.165) is 16.7 Å². The molecule has 0 saturated heterocycles. The van der Waals surface area contributed by atoms with Crippen molar-refractivity contribution in [2.45, 2.75) is 39.2 Å². The molecule has 0 spiro atoms. The molecule has 0 atom stereocenters. The highest BCUT2D eigenvalue weighted by Gasteiger charge is 2.30. The molecule has 0 unspecified atom stereocenters. The van der Waals surface area contributed by atoms with Gasteiger partial charge in [-0.25, -0.2) is 15.0 Å². The Morgan fingerprint density at radius 3 is 2.18 bits per heavy atom. The topological polar surface area (TPSA) is 97.3 Å². The maximum atomic E-state index is 6.21. The molecular formula is C30H31N5O3. The number of hydrogen-bond donors (Lipinski definition) is 1. The van der Waals surface area contributed by atoms with Crippen LogP contribution in [0.4, 0.5) is 5.82 Å². The highest BCUT2D eigenvalue weighted by Crippen LogP contribution is 2.33. The Kier molecular flexibility index (Phi) is 7.24. The monoisotopic (exact) mass is 509 g/mol. The zero-order valence-electron chi connectivity index (χ0n) is 21.8. The van der Waals surface area contributed by atoms with Crippen molar-refractivity contribution in [2.75, 3.05) is 12.8 Å². The molecule has 0 fully saturated rings. The minimum atomic E-state index is -0.725. The Morgan fingerprint density at radius 1 is 0.816 bits per heavy atom. The summed E-state index contributed by atoms with van der Waals surface area (Å²) in [6.45, 7) is 5.30. The van der Waals surface area contributed by atoms with Gasteiger partial charge in [-0.05, 0) is 42.7 Å². The zero-order valence-corrected chi connectivity index (χ0v) is 21.8. The van der Waals surface area contributed by atoms with Crippen LogP contribution in [-0.2, 0) is 30.1 Å². The van der Waals surface area contributed by atoms with Gasteiger partial charge in [-0.2, -0.15) is 0 Å². The number of aromatic nitrogens is 4. The van der Waals surface area contributed by atoms with Gasteiger partial charge in [-0.1, -0.05) is 66.7 Å². The first-order valence-corrected chi connectivity index (χ1v) is 12.4. The van der Waals surface area contributed by atoms with Crippen molar-refractivity contribution >= 4 is 5.82 Å². The number of ether oxygens (including phenoxy) is 3. The van der Waals surface area contributed by atoms with E-state index in [1.807, 2.05) is 97.3 Å². The van der Waals surface area contributed by atoms with Gasteiger partial charge in [0.2, 0.25) is 0 Å². The van der Waals surface area contributed by atoms with Crippen molar-refractivity contribution in [2.24, 2.45) is 0 Å². The van der Waals surface area contributed by atoms with Crippen molar-refractivity contribution in [3.63, 3.8) is 0 Å². The largest absolute Gasteiger partial charge is 0.493 e. The number of nitrogen functional groups attached to an aromatic ring is 1. The lowest BCUT2D eigenvalue weighted by molar-refractivity contribution is -0.0393. The van der Waals surface area contributed by atoms with Gasteiger partial charge in [0.25, 0.3) is 0 Å². The smallest absolute Gasteiger partial charge is 0.166 e. The van der Waals surface area contributed by atoms with Crippen LogP contribution in [0.5, 0.6) is 11.5 Å². The minimum absolute atomic E-state index is 0.329. The summed E-state index contributed by atoms with van der Waals surface area (Å²) in [4.78, 5) is 13.9. The van der Waals surface area contributed by atoms with E-state index in [4.69, 9.17) is 29.9 Å². The fourth-order valence-corrected chi connectivity index (χ4v) is 4.11. The first-order valence-electron chi connectivity index (χ1n) is 12.4. The lowest BCUT2D eigenvalue weighted by Gasteiger charge is -2.22.